The fraction of sp³-hybridized carbons (Fsp3) is 0.294. The van der Waals surface area contributed by atoms with Gasteiger partial charge in [0.1, 0.15) is 11.4 Å². The molecule has 1 aliphatic carbocycles. The summed E-state index contributed by atoms with van der Waals surface area (Å²) in [5.41, 5.74) is 4.00. The normalized spacial score (nSPS) is 23.8. The van der Waals surface area contributed by atoms with Gasteiger partial charge in [-0.2, -0.15) is 5.26 Å². The molecule has 3 atom stereocenters. The van der Waals surface area contributed by atoms with Gasteiger partial charge >= 0.3 is 0 Å². The fourth-order valence-electron chi connectivity index (χ4n) is 2.75. The molecule has 0 radical (unpaired) electrons. The summed E-state index contributed by atoms with van der Waals surface area (Å²) in [5.74, 6) is -0.610. The molecule has 0 bridgehead atoms. The molecule has 23 heavy (non-hydrogen) atoms. The Kier molecular flexibility index (Phi) is 4.16. The van der Waals surface area contributed by atoms with E-state index >= 15 is 0 Å². The van der Waals surface area contributed by atoms with Crippen LogP contribution in [0, 0.1) is 17.1 Å². The van der Waals surface area contributed by atoms with Crippen molar-refractivity contribution in [1.29, 1.82) is 5.26 Å². The van der Waals surface area contributed by atoms with E-state index in [1.54, 1.807) is 5.38 Å². The third kappa shape index (κ3) is 3.11. The molecule has 1 aromatic heterocycles. The minimum Gasteiger partial charge on any atom is -0.347 e. The van der Waals surface area contributed by atoms with Gasteiger partial charge in [0.2, 0.25) is 0 Å². The van der Waals surface area contributed by atoms with Gasteiger partial charge in [0.05, 0.1) is 6.07 Å². The van der Waals surface area contributed by atoms with Crippen LogP contribution in [0.4, 0.5) is 4.39 Å². The van der Waals surface area contributed by atoms with Gasteiger partial charge in [-0.1, -0.05) is 30.3 Å². The van der Waals surface area contributed by atoms with E-state index in [0.717, 1.165) is 5.56 Å². The summed E-state index contributed by atoms with van der Waals surface area (Å²) in [6, 6.07) is 12.7. The molecule has 1 fully saturated rings. The summed E-state index contributed by atoms with van der Waals surface area (Å²) in [7, 11) is 0. The molecule has 0 saturated heterocycles. The molecule has 4 nitrogen and oxygen atoms in total. The molecule has 3 rings (SSSR count). The number of hydrogen-bond acceptors (Lipinski definition) is 3. The molecule has 118 valence electrons. The van der Waals surface area contributed by atoms with Crippen LogP contribution in [0.5, 0.6) is 0 Å². The van der Waals surface area contributed by atoms with Gasteiger partial charge in [-0.05, 0) is 23.4 Å². The highest BCUT2D eigenvalue weighted by Gasteiger charge is 2.57. The number of quaternary nitrogens is 1. The molecule has 1 unspecified atom stereocenters. The highest BCUT2D eigenvalue weighted by Crippen LogP contribution is 2.50. The van der Waals surface area contributed by atoms with Crippen molar-refractivity contribution in [3.8, 4) is 6.07 Å². The summed E-state index contributed by atoms with van der Waals surface area (Å²) in [6.45, 7) is 0. The largest absolute Gasteiger partial charge is 0.347 e. The summed E-state index contributed by atoms with van der Waals surface area (Å²) in [4.78, 5) is 12.8. The standard InChI is InChI=1S/C17H16FN3OS/c18-13-6-7-23-15(13)8-14(20)16(22)21-17(10-19)9-12(17)11-4-2-1-3-5-11/h1-7,12,14H,8-9,20H2,(H,21,22)/p+1/t12-,14?,17+/m1/s1. The Hall–Kier alpha value is -2.23. The number of rotatable bonds is 5. The van der Waals surface area contributed by atoms with E-state index in [-0.39, 0.29) is 24.1 Å². The van der Waals surface area contributed by atoms with Gasteiger partial charge in [0.15, 0.2) is 6.04 Å². The van der Waals surface area contributed by atoms with Gasteiger partial charge in [-0.25, -0.2) is 4.39 Å². The SMILES string of the molecule is N#C[C@@]1(NC(=O)C([NH3+])Cc2sccc2F)C[C@@H]1c1ccccc1. The first kappa shape index (κ1) is 15.7. The van der Waals surface area contributed by atoms with Crippen LogP contribution in [0.3, 0.4) is 0 Å². The van der Waals surface area contributed by atoms with E-state index < -0.39 is 11.6 Å². The van der Waals surface area contributed by atoms with Crippen molar-refractivity contribution in [2.45, 2.75) is 30.3 Å². The first-order valence-electron chi connectivity index (χ1n) is 7.39. The third-order valence-electron chi connectivity index (χ3n) is 4.20. The Morgan fingerprint density at radius 1 is 1.48 bits per heavy atom. The Morgan fingerprint density at radius 2 is 2.22 bits per heavy atom. The summed E-state index contributed by atoms with van der Waals surface area (Å²) < 4.78 is 13.5. The lowest BCUT2D eigenvalue weighted by Gasteiger charge is -2.14. The highest BCUT2D eigenvalue weighted by atomic mass is 32.1. The van der Waals surface area contributed by atoms with Gasteiger partial charge < -0.3 is 11.1 Å². The van der Waals surface area contributed by atoms with Crippen LogP contribution in [0.15, 0.2) is 41.8 Å². The number of carbonyl (C=O) groups is 1. The topological polar surface area (TPSA) is 80.5 Å². The number of nitrogens with one attached hydrogen (secondary N) is 1. The Balaban J connectivity index is 1.65. The quantitative estimate of drug-likeness (QED) is 0.873. The van der Waals surface area contributed by atoms with E-state index in [1.807, 2.05) is 30.3 Å². The fourth-order valence-corrected chi connectivity index (χ4v) is 3.58. The van der Waals surface area contributed by atoms with Crippen LogP contribution < -0.4 is 11.1 Å². The van der Waals surface area contributed by atoms with Crippen LogP contribution in [-0.2, 0) is 11.2 Å². The number of amides is 1. The predicted octanol–water partition coefficient (Wildman–Crippen LogP) is 1.61. The predicted molar refractivity (Wildman–Crippen MR) is 84.9 cm³/mol. The third-order valence-corrected chi connectivity index (χ3v) is 5.12. The van der Waals surface area contributed by atoms with Crippen molar-refractivity contribution < 1.29 is 14.9 Å². The maximum absolute atomic E-state index is 13.5. The number of thiophene rings is 1. The number of halogens is 1. The Morgan fingerprint density at radius 3 is 2.83 bits per heavy atom. The molecule has 1 heterocycles. The maximum atomic E-state index is 13.5. The lowest BCUT2D eigenvalue weighted by molar-refractivity contribution is -0.403. The molecule has 1 aromatic carbocycles. The maximum Gasteiger partial charge on any atom is 0.279 e. The molecule has 6 heteroatoms. The zero-order valence-corrected chi connectivity index (χ0v) is 13.3. The number of benzene rings is 1. The molecule has 0 aliphatic heterocycles. The number of hydrogen-bond donors (Lipinski definition) is 2. The molecule has 0 spiro atoms. The Labute approximate surface area is 137 Å². The molecule has 4 N–H and O–H groups in total. The van der Waals surface area contributed by atoms with E-state index in [0.29, 0.717) is 11.3 Å². The lowest BCUT2D eigenvalue weighted by Crippen LogP contribution is -2.69. The van der Waals surface area contributed by atoms with E-state index in [1.165, 1.54) is 17.4 Å². The van der Waals surface area contributed by atoms with Crippen molar-refractivity contribution in [2.24, 2.45) is 0 Å². The molecular weight excluding hydrogens is 313 g/mol. The summed E-state index contributed by atoms with van der Waals surface area (Å²) in [5, 5.41) is 13.9. The van der Waals surface area contributed by atoms with Gasteiger partial charge in [-0.15, -0.1) is 11.3 Å². The van der Waals surface area contributed by atoms with Crippen molar-refractivity contribution in [3.63, 3.8) is 0 Å². The van der Waals surface area contributed by atoms with Crippen molar-refractivity contribution in [2.75, 3.05) is 0 Å². The van der Waals surface area contributed by atoms with Gasteiger partial charge in [-0.3, -0.25) is 4.79 Å². The average Bonchev–Trinajstić information content (AvgIpc) is 3.15. The number of nitriles is 1. The summed E-state index contributed by atoms with van der Waals surface area (Å²) in [6.07, 6.45) is 0.839. The molecule has 2 aromatic rings. The van der Waals surface area contributed by atoms with Crippen LogP contribution in [0.1, 0.15) is 22.8 Å². The van der Waals surface area contributed by atoms with Crippen LogP contribution in [0.2, 0.25) is 0 Å². The van der Waals surface area contributed by atoms with Crippen LogP contribution >= 0.6 is 11.3 Å². The molecule has 1 aliphatic rings. The monoisotopic (exact) mass is 330 g/mol. The second-order valence-corrected chi connectivity index (χ2v) is 6.83. The molecule has 1 saturated carbocycles. The van der Waals surface area contributed by atoms with Gasteiger partial charge in [0, 0.05) is 17.2 Å². The highest BCUT2D eigenvalue weighted by molar-refractivity contribution is 7.09. The molecular formula is C17H17FN3OS+. The minimum atomic E-state index is -0.859. The van der Waals surface area contributed by atoms with E-state index in [2.05, 4.69) is 17.1 Å². The zero-order valence-electron chi connectivity index (χ0n) is 12.5. The second-order valence-electron chi connectivity index (χ2n) is 5.83. The minimum absolute atomic E-state index is 0.00308. The van der Waals surface area contributed by atoms with Crippen LogP contribution in [0.25, 0.3) is 0 Å². The zero-order chi connectivity index (χ0) is 16.4. The number of nitrogens with zero attached hydrogens (tertiary/aromatic N) is 1. The first-order valence-corrected chi connectivity index (χ1v) is 8.27. The van der Waals surface area contributed by atoms with E-state index in [9.17, 15) is 14.4 Å². The Bertz CT molecular complexity index is 755. The van der Waals surface area contributed by atoms with Crippen molar-refractivity contribution >= 4 is 17.2 Å². The van der Waals surface area contributed by atoms with Crippen molar-refractivity contribution in [3.05, 3.63) is 58.0 Å². The summed E-state index contributed by atoms with van der Waals surface area (Å²) >= 11 is 1.27. The lowest BCUT2D eigenvalue weighted by atomic mass is 10.1. The smallest absolute Gasteiger partial charge is 0.279 e. The number of carbonyl (C=O) groups excluding carboxylic acids is 1. The van der Waals surface area contributed by atoms with E-state index in [4.69, 9.17) is 0 Å². The van der Waals surface area contributed by atoms with Crippen molar-refractivity contribution in [1.82, 2.24) is 5.32 Å². The van der Waals surface area contributed by atoms with Gasteiger partial charge in [0.25, 0.3) is 5.91 Å². The average molecular weight is 330 g/mol. The second kappa shape index (κ2) is 6.11. The van der Waals surface area contributed by atoms with Crippen LogP contribution in [-0.4, -0.2) is 17.5 Å². The first-order chi connectivity index (χ1) is 11.1. The molecule has 1 amide bonds.